The summed E-state index contributed by atoms with van der Waals surface area (Å²) in [5, 5.41) is 2.93. The van der Waals surface area contributed by atoms with Gasteiger partial charge in [-0.2, -0.15) is 0 Å². The van der Waals surface area contributed by atoms with Crippen LogP contribution in [0, 0.1) is 19.3 Å². The number of Topliss-reactive ketones (excluding diaryl/α,β-unsaturated/α-hetero) is 1. The summed E-state index contributed by atoms with van der Waals surface area (Å²) in [6.07, 6.45) is 0.546. The van der Waals surface area contributed by atoms with Gasteiger partial charge >= 0.3 is 11.9 Å². The van der Waals surface area contributed by atoms with Gasteiger partial charge in [0.1, 0.15) is 0 Å². The molecule has 0 aromatic heterocycles. The molecule has 8 heteroatoms. The van der Waals surface area contributed by atoms with Gasteiger partial charge in [-0.25, -0.2) is 9.59 Å². The van der Waals surface area contributed by atoms with Gasteiger partial charge in [-0.15, -0.1) is 0 Å². The summed E-state index contributed by atoms with van der Waals surface area (Å²) in [7, 11) is 2.38. The largest absolute Gasteiger partial charge is 0.466 e. The number of benzene rings is 2. The molecule has 0 bridgehead atoms. The van der Waals surface area contributed by atoms with E-state index in [0.717, 1.165) is 11.1 Å². The first kappa shape index (κ1) is 25.4. The normalized spacial score (nSPS) is 21.8. The predicted octanol–water partition coefficient (Wildman–Crippen LogP) is 4.26. The summed E-state index contributed by atoms with van der Waals surface area (Å²) in [6, 6.07) is 13.0. The number of anilines is 2. The fourth-order valence-corrected chi connectivity index (χ4v) is 5.96. The van der Waals surface area contributed by atoms with Crippen molar-refractivity contribution in [3.63, 3.8) is 0 Å². The molecule has 0 radical (unpaired) electrons. The van der Waals surface area contributed by atoms with Crippen molar-refractivity contribution in [1.82, 2.24) is 0 Å². The van der Waals surface area contributed by atoms with Crippen molar-refractivity contribution in [2.24, 2.45) is 5.41 Å². The fourth-order valence-electron chi connectivity index (χ4n) is 5.96. The molecule has 196 valence electrons. The fraction of sp³-hybridized carbons (Fsp3) is 0.333. The number of nitrogens with zero attached hydrogens (tertiary/aromatic N) is 1. The average molecular weight is 515 g/mol. The van der Waals surface area contributed by atoms with Crippen LogP contribution in [0.1, 0.15) is 43.4 Å². The summed E-state index contributed by atoms with van der Waals surface area (Å²) in [6.45, 7) is 7.78. The Bertz CT molecular complexity index is 1480. The van der Waals surface area contributed by atoms with Crippen LogP contribution in [-0.2, 0) is 34.2 Å². The Morgan fingerprint density at radius 3 is 2.16 bits per heavy atom. The van der Waals surface area contributed by atoms with E-state index in [4.69, 9.17) is 9.47 Å². The van der Waals surface area contributed by atoms with Crippen LogP contribution in [0.3, 0.4) is 0 Å². The maximum absolute atomic E-state index is 14.3. The van der Waals surface area contributed by atoms with Crippen molar-refractivity contribution in [2.75, 3.05) is 24.4 Å². The van der Waals surface area contributed by atoms with Gasteiger partial charge in [-0.05, 0) is 43.9 Å². The molecule has 0 saturated carbocycles. The number of amides is 1. The molecule has 1 N–H and O–H groups in total. The van der Waals surface area contributed by atoms with E-state index >= 15 is 0 Å². The molecular formula is C30H30N2O6. The topological polar surface area (TPSA) is 102 Å². The highest BCUT2D eigenvalue weighted by Crippen LogP contribution is 2.57. The van der Waals surface area contributed by atoms with Crippen molar-refractivity contribution in [1.29, 1.82) is 0 Å². The molecule has 2 heterocycles. The zero-order valence-electron chi connectivity index (χ0n) is 22.4. The number of hydrogen-bond acceptors (Lipinski definition) is 7. The molecule has 8 nitrogen and oxygen atoms in total. The first-order valence-corrected chi connectivity index (χ1v) is 12.4. The Kier molecular flexibility index (Phi) is 5.82. The van der Waals surface area contributed by atoms with E-state index in [2.05, 4.69) is 5.32 Å². The minimum atomic E-state index is -1.82. The molecule has 3 aliphatic rings. The van der Waals surface area contributed by atoms with Crippen LogP contribution < -0.4 is 10.2 Å². The second-order valence-electron chi connectivity index (χ2n) is 10.9. The van der Waals surface area contributed by atoms with Gasteiger partial charge < -0.3 is 19.7 Å². The maximum atomic E-state index is 14.3. The summed E-state index contributed by atoms with van der Waals surface area (Å²) < 4.78 is 10.3. The molecule has 1 unspecified atom stereocenters. The first-order valence-electron chi connectivity index (χ1n) is 12.4. The lowest BCUT2D eigenvalue weighted by Crippen LogP contribution is -2.58. The number of carbonyl (C=O) groups excluding carboxylic acids is 4. The molecule has 0 saturated heterocycles. The Balaban J connectivity index is 2.02. The molecule has 0 fully saturated rings. The standard InChI is InChI=1S/C30H30N2O6/c1-16-7-10-18(11-8-16)32-21-14-29(3,4)15-22(33)23(21)24(26(34)37-5)25(27(35)38-6)30(32)19-13-17(2)9-12-20(19)31-28(30)36/h7-13H,14-15H2,1-6H3,(H,31,36). The van der Waals surface area contributed by atoms with Gasteiger partial charge in [-0.1, -0.05) is 49.2 Å². The number of allylic oxidation sites excluding steroid dienone is 1. The lowest BCUT2D eigenvalue weighted by molar-refractivity contribution is -0.141. The van der Waals surface area contributed by atoms with Gasteiger partial charge in [0, 0.05) is 29.1 Å². The Morgan fingerprint density at radius 1 is 0.895 bits per heavy atom. The highest BCUT2D eigenvalue weighted by molar-refractivity contribution is 6.24. The van der Waals surface area contributed by atoms with E-state index < -0.39 is 28.8 Å². The Morgan fingerprint density at radius 2 is 1.53 bits per heavy atom. The molecule has 5 rings (SSSR count). The highest BCUT2D eigenvalue weighted by atomic mass is 16.5. The first-order chi connectivity index (χ1) is 18.0. The quantitative estimate of drug-likeness (QED) is 0.611. The highest BCUT2D eigenvalue weighted by Gasteiger charge is 2.63. The molecule has 1 atom stereocenters. The predicted molar refractivity (Wildman–Crippen MR) is 141 cm³/mol. The van der Waals surface area contributed by atoms with E-state index in [-0.39, 0.29) is 28.9 Å². The van der Waals surface area contributed by atoms with Gasteiger partial charge in [0.05, 0.1) is 30.9 Å². The van der Waals surface area contributed by atoms with Gasteiger partial charge in [-0.3, -0.25) is 9.59 Å². The molecular weight excluding hydrogens is 484 g/mol. The van der Waals surface area contributed by atoms with Crippen LogP contribution in [0.5, 0.6) is 0 Å². The number of rotatable bonds is 3. The third kappa shape index (κ3) is 3.50. The van der Waals surface area contributed by atoms with Crippen LogP contribution >= 0.6 is 0 Å². The number of nitrogens with one attached hydrogen (secondary N) is 1. The maximum Gasteiger partial charge on any atom is 0.339 e. The Labute approximate surface area is 221 Å². The summed E-state index contributed by atoms with van der Waals surface area (Å²) in [5.74, 6) is -2.59. The van der Waals surface area contributed by atoms with Crippen molar-refractivity contribution in [3.8, 4) is 0 Å². The van der Waals surface area contributed by atoms with Gasteiger partial charge in [0.15, 0.2) is 11.3 Å². The van der Waals surface area contributed by atoms with Crippen molar-refractivity contribution in [3.05, 3.63) is 81.6 Å². The molecule has 38 heavy (non-hydrogen) atoms. The van der Waals surface area contributed by atoms with Crippen LogP contribution in [-0.4, -0.2) is 37.8 Å². The van der Waals surface area contributed by atoms with Gasteiger partial charge in [0.2, 0.25) is 0 Å². The number of ketones is 1. The minimum Gasteiger partial charge on any atom is -0.466 e. The number of hydrogen-bond donors (Lipinski definition) is 1. The molecule has 2 aromatic rings. The lowest BCUT2D eigenvalue weighted by atomic mass is 9.66. The average Bonchev–Trinajstić information content (AvgIpc) is 3.13. The van der Waals surface area contributed by atoms with E-state index in [9.17, 15) is 19.2 Å². The number of ether oxygens (including phenoxy) is 2. The van der Waals surface area contributed by atoms with Crippen LogP contribution in [0.2, 0.25) is 0 Å². The molecule has 2 aromatic carbocycles. The lowest BCUT2D eigenvalue weighted by Gasteiger charge is -2.50. The van der Waals surface area contributed by atoms with Crippen molar-refractivity contribution >= 4 is 35.0 Å². The van der Waals surface area contributed by atoms with E-state index in [1.807, 2.05) is 64.1 Å². The molecule has 1 amide bonds. The SMILES string of the molecule is COC(=O)C1=C(C(=O)OC)C2(C(=O)Nc3ccc(C)cc32)N(c2ccc(C)cc2)C2=C1C(=O)CC(C)(C)C2. The summed E-state index contributed by atoms with van der Waals surface area (Å²) in [4.78, 5) is 57.0. The van der Waals surface area contributed by atoms with Crippen LogP contribution in [0.4, 0.5) is 11.4 Å². The number of esters is 2. The van der Waals surface area contributed by atoms with E-state index in [1.54, 1.807) is 11.0 Å². The van der Waals surface area contributed by atoms with E-state index in [0.29, 0.717) is 29.1 Å². The minimum absolute atomic E-state index is 0.0941. The zero-order chi connectivity index (χ0) is 27.6. The molecule has 1 spiro atoms. The third-order valence-corrected chi connectivity index (χ3v) is 7.53. The number of aryl methyl sites for hydroxylation is 2. The second-order valence-corrected chi connectivity index (χ2v) is 10.9. The third-order valence-electron chi connectivity index (χ3n) is 7.53. The van der Waals surface area contributed by atoms with E-state index in [1.165, 1.54) is 14.2 Å². The number of fused-ring (bicyclic) bond motifs is 2. The summed E-state index contributed by atoms with van der Waals surface area (Å²) >= 11 is 0. The second kappa shape index (κ2) is 8.68. The van der Waals surface area contributed by atoms with Crippen LogP contribution in [0.15, 0.2) is 64.9 Å². The van der Waals surface area contributed by atoms with Crippen molar-refractivity contribution < 1.29 is 28.7 Å². The van der Waals surface area contributed by atoms with Gasteiger partial charge in [0.25, 0.3) is 5.91 Å². The molecule has 2 aliphatic heterocycles. The monoisotopic (exact) mass is 514 g/mol. The number of carbonyl (C=O) groups is 4. The van der Waals surface area contributed by atoms with Crippen LogP contribution in [0.25, 0.3) is 0 Å². The zero-order valence-corrected chi connectivity index (χ0v) is 22.4. The Hall–Kier alpha value is -4.20. The van der Waals surface area contributed by atoms with Crippen molar-refractivity contribution in [2.45, 2.75) is 46.1 Å². The molecule has 1 aliphatic carbocycles. The number of methoxy groups -OCH3 is 2. The smallest absolute Gasteiger partial charge is 0.339 e. The summed E-state index contributed by atoms with van der Waals surface area (Å²) in [5.41, 5.74) is 1.30.